The summed E-state index contributed by atoms with van der Waals surface area (Å²) in [5.74, 6) is -2.47. The molecule has 0 saturated carbocycles. The Kier molecular flexibility index (Phi) is 4.27. The Hall–Kier alpha value is -2.10. The normalized spacial score (nSPS) is 9.12. The molecule has 0 spiro atoms. The van der Waals surface area contributed by atoms with Crippen molar-refractivity contribution in [1.82, 2.24) is 0 Å². The van der Waals surface area contributed by atoms with Crippen LogP contribution in [0.15, 0.2) is 48.5 Å². The summed E-state index contributed by atoms with van der Waals surface area (Å²) in [5.41, 5.74) is 0. The van der Waals surface area contributed by atoms with Crippen LogP contribution in [-0.2, 0) is 0 Å². The number of phenols is 2. The second kappa shape index (κ2) is 5.70. The molecule has 16 heavy (non-hydrogen) atoms. The lowest BCUT2D eigenvalue weighted by molar-refractivity contribution is 0.396. The Morgan fingerprint density at radius 2 is 1.19 bits per heavy atom. The van der Waals surface area contributed by atoms with Crippen LogP contribution in [0, 0.1) is 11.6 Å². The lowest BCUT2D eigenvalue weighted by Gasteiger charge is -1.92. The van der Waals surface area contributed by atoms with Crippen molar-refractivity contribution in [2.45, 2.75) is 0 Å². The van der Waals surface area contributed by atoms with Crippen LogP contribution in [0.2, 0.25) is 0 Å². The van der Waals surface area contributed by atoms with Crippen LogP contribution in [0.5, 0.6) is 11.5 Å². The maximum atomic E-state index is 12.1. The molecule has 0 aliphatic heterocycles. The smallest absolute Gasteiger partial charge is 0.187 e. The molecule has 0 atom stereocenters. The first-order valence-corrected chi connectivity index (χ1v) is 4.48. The third-order valence-electron chi connectivity index (χ3n) is 1.69. The molecule has 0 aliphatic carbocycles. The minimum atomic E-state index is -0.935. The monoisotopic (exact) mass is 224 g/mol. The van der Waals surface area contributed by atoms with E-state index in [1.807, 2.05) is 6.07 Å². The molecular weight excluding hydrogens is 214 g/mol. The highest BCUT2D eigenvalue weighted by Gasteiger charge is 2.03. The molecule has 2 N–H and O–H groups in total. The second-order valence-corrected chi connectivity index (χ2v) is 2.91. The van der Waals surface area contributed by atoms with Crippen LogP contribution in [0.25, 0.3) is 0 Å². The van der Waals surface area contributed by atoms with Crippen LogP contribution < -0.4 is 0 Å². The van der Waals surface area contributed by atoms with E-state index in [2.05, 4.69) is 0 Å². The van der Waals surface area contributed by atoms with Crippen molar-refractivity contribution in [2.24, 2.45) is 0 Å². The third kappa shape index (κ3) is 3.57. The van der Waals surface area contributed by atoms with Gasteiger partial charge in [-0.3, -0.25) is 0 Å². The number of phenolic OH excluding ortho intramolecular Hbond substituents is 2. The molecule has 2 aromatic rings. The van der Waals surface area contributed by atoms with E-state index in [4.69, 9.17) is 10.2 Å². The number of halogens is 2. The fourth-order valence-electron chi connectivity index (χ4n) is 0.917. The highest BCUT2D eigenvalue weighted by molar-refractivity contribution is 5.23. The molecule has 2 rings (SSSR count). The molecule has 0 heterocycles. The maximum absolute atomic E-state index is 12.1. The number of hydrogen-bond donors (Lipinski definition) is 2. The number of rotatable bonds is 0. The highest BCUT2D eigenvalue weighted by atomic mass is 19.1. The van der Waals surface area contributed by atoms with Gasteiger partial charge in [0.2, 0.25) is 0 Å². The average molecular weight is 224 g/mol. The van der Waals surface area contributed by atoms with Crippen LogP contribution in [0.3, 0.4) is 0 Å². The molecule has 2 nitrogen and oxygen atoms in total. The molecule has 0 radical (unpaired) electrons. The summed E-state index contributed by atoms with van der Waals surface area (Å²) in [7, 11) is 0. The molecule has 0 unspecified atom stereocenters. The van der Waals surface area contributed by atoms with Crippen LogP contribution in [-0.4, -0.2) is 10.2 Å². The second-order valence-electron chi connectivity index (χ2n) is 2.91. The van der Waals surface area contributed by atoms with E-state index in [0.29, 0.717) is 5.75 Å². The topological polar surface area (TPSA) is 40.5 Å². The lowest BCUT2D eigenvalue weighted by atomic mass is 10.3. The third-order valence-corrected chi connectivity index (χ3v) is 1.69. The van der Waals surface area contributed by atoms with Gasteiger partial charge < -0.3 is 10.2 Å². The SMILES string of the molecule is Oc1c(F)cccc1F.Oc1ccccc1. The Morgan fingerprint density at radius 1 is 0.688 bits per heavy atom. The van der Waals surface area contributed by atoms with E-state index < -0.39 is 17.4 Å². The fraction of sp³-hybridized carbons (Fsp3) is 0. The minimum absolute atomic E-state index is 0.322. The molecule has 0 saturated heterocycles. The summed E-state index contributed by atoms with van der Waals surface area (Å²) in [6.07, 6.45) is 0. The first-order valence-electron chi connectivity index (χ1n) is 4.48. The summed E-state index contributed by atoms with van der Waals surface area (Å²) >= 11 is 0. The summed E-state index contributed by atoms with van der Waals surface area (Å²) in [6.45, 7) is 0. The largest absolute Gasteiger partial charge is 0.508 e. The molecule has 0 bridgehead atoms. The zero-order chi connectivity index (χ0) is 12.0. The van der Waals surface area contributed by atoms with E-state index >= 15 is 0 Å². The highest BCUT2D eigenvalue weighted by Crippen LogP contribution is 2.17. The van der Waals surface area contributed by atoms with Crippen molar-refractivity contribution >= 4 is 0 Å². The Bertz CT molecular complexity index is 424. The van der Waals surface area contributed by atoms with Gasteiger partial charge in [0.15, 0.2) is 17.4 Å². The lowest BCUT2D eigenvalue weighted by Crippen LogP contribution is -1.78. The first-order chi connectivity index (χ1) is 7.61. The van der Waals surface area contributed by atoms with Crippen molar-refractivity contribution in [1.29, 1.82) is 0 Å². The molecule has 0 amide bonds. The molecule has 0 fully saturated rings. The molecule has 0 aliphatic rings. The van der Waals surface area contributed by atoms with Crippen LogP contribution in [0.4, 0.5) is 8.78 Å². The molecule has 0 aromatic heterocycles. The van der Waals surface area contributed by atoms with Crippen molar-refractivity contribution in [3.05, 3.63) is 60.2 Å². The van der Waals surface area contributed by atoms with Gasteiger partial charge in [-0.25, -0.2) is 8.78 Å². The van der Waals surface area contributed by atoms with E-state index in [1.165, 1.54) is 6.07 Å². The van der Waals surface area contributed by atoms with Gasteiger partial charge in [0, 0.05) is 0 Å². The Morgan fingerprint density at radius 3 is 1.50 bits per heavy atom. The minimum Gasteiger partial charge on any atom is -0.508 e. The van der Waals surface area contributed by atoms with E-state index in [9.17, 15) is 8.78 Å². The zero-order valence-electron chi connectivity index (χ0n) is 8.27. The number of hydrogen-bond acceptors (Lipinski definition) is 2. The van der Waals surface area contributed by atoms with Crippen molar-refractivity contribution in [3.63, 3.8) is 0 Å². The number of para-hydroxylation sites is 2. The van der Waals surface area contributed by atoms with Gasteiger partial charge in [-0.2, -0.15) is 0 Å². The Labute approximate surface area is 91.4 Å². The fourth-order valence-corrected chi connectivity index (χ4v) is 0.917. The molecule has 4 heteroatoms. The quantitative estimate of drug-likeness (QED) is 0.722. The summed E-state index contributed by atoms with van der Waals surface area (Å²) in [5, 5.41) is 17.1. The first kappa shape index (κ1) is 12.0. The predicted molar refractivity (Wildman–Crippen MR) is 56.1 cm³/mol. The van der Waals surface area contributed by atoms with Crippen molar-refractivity contribution < 1.29 is 19.0 Å². The Balaban J connectivity index is 0.000000165. The van der Waals surface area contributed by atoms with Crippen LogP contribution >= 0.6 is 0 Å². The van der Waals surface area contributed by atoms with Crippen LogP contribution in [0.1, 0.15) is 0 Å². The van der Waals surface area contributed by atoms with Gasteiger partial charge in [-0.15, -0.1) is 0 Å². The maximum Gasteiger partial charge on any atom is 0.187 e. The summed E-state index contributed by atoms with van der Waals surface area (Å²) in [4.78, 5) is 0. The predicted octanol–water partition coefficient (Wildman–Crippen LogP) is 3.06. The average Bonchev–Trinajstić information content (AvgIpc) is 2.28. The van der Waals surface area contributed by atoms with Gasteiger partial charge in [0.1, 0.15) is 5.75 Å². The standard InChI is InChI=1S/C6H4F2O.C6H6O/c7-4-2-1-3-5(8)6(4)9;7-6-4-2-1-3-5-6/h1-3,9H;1-5,7H. The summed E-state index contributed by atoms with van der Waals surface area (Å²) in [6, 6.07) is 11.9. The summed E-state index contributed by atoms with van der Waals surface area (Å²) < 4.78 is 24.2. The zero-order valence-corrected chi connectivity index (χ0v) is 8.27. The molecule has 84 valence electrons. The van der Waals surface area contributed by atoms with E-state index in [1.54, 1.807) is 24.3 Å². The van der Waals surface area contributed by atoms with Gasteiger partial charge in [-0.1, -0.05) is 24.3 Å². The molecular formula is C12H10F2O2. The van der Waals surface area contributed by atoms with E-state index in [-0.39, 0.29) is 0 Å². The van der Waals surface area contributed by atoms with Gasteiger partial charge >= 0.3 is 0 Å². The van der Waals surface area contributed by atoms with E-state index in [0.717, 1.165) is 12.1 Å². The van der Waals surface area contributed by atoms with Gasteiger partial charge in [-0.05, 0) is 24.3 Å². The van der Waals surface area contributed by atoms with Crippen molar-refractivity contribution in [2.75, 3.05) is 0 Å². The van der Waals surface area contributed by atoms with Gasteiger partial charge in [0.25, 0.3) is 0 Å². The number of benzene rings is 2. The van der Waals surface area contributed by atoms with Crippen molar-refractivity contribution in [3.8, 4) is 11.5 Å². The molecule has 2 aromatic carbocycles. The number of aromatic hydroxyl groups is 2. The van der Waals surface area contributed by atoms with Gasteiger partial charge in [0.05, 0.1) is 0 Å².